The van der Waals surface area contributed by atoms with Gasteiger partial charge in [-0.1, -0.05) is 0 Å². The van der Waals surface area contributed by atoms with E-state index in [-0.39, 0.29) is 24.2 Å². The van der Waals surface area contributed by atoms with Crippen molar-refractivity contribution < 1.29 is 14.3 Å². The van der Waals surface area contributed by atoms with Crippen LogP contribution in [0.5, 0.6) is 0 Å². The highest BCUT2D eigenvalue weighted by Gasteiger charge is 2.26. The molecule has 3 aromatic rings. The summed E-state index contributed by atoms with van der Waals surface area (Å²) < 4.78 is 6.46. The van der Waals surface area contributed by atoms with Crippen molar-refractivity contribution in [2.24, 2.45) is 13.0 Å². The maximum atomic E-state index is 12.8. The van der Waals surface area contributed by atoms with Crippen molar-refractivity contribution in [1.29, 1.82) is 0 Å². The number of piperidine rings is 1. The summed E-state index contributed by atoms with van der Waals surface area (Å²) in [5.41, 5.74) is 2.57. The predicted molar refractivity (Wildman–Crippen MR) is 112 cm³/mol. The minimum Gasteiger partial charge on any atom is -0.468 e. The van der Waals surface area contributed by atoms with Crippen molar-refractivity contribution in [3.8, 4) is 11.3 Å². The lowest BCUT2D eigenvalue weighted by molar-refractivity contribution is -0.142. The van der Waals surface area contributed by atoms with Gasteiger partial charge in [-0.3, -0.25) is 29.1 Å². The smallest absolute Gasteiger partial charge is 0.319 e. The predicted octanol–water partition coefficient (Wildman–Crippen LogP) is 2.03. The first-order valence-electron chi connectivity index (χ1n) is 10.1. The normalized spacial score (nSPS) is 15.4. The molecule has 0 amide bonds. The number of aryl methyl sites for hydroxylation is 1. The van der Waals surface area contributed by atoms with Gasteiger partial charge in [-0.05, 0) is 43.5 Å². The Hall–Kier alpha value is -3.13. The van der Waals surface area contributed by atoms with Crippen LogP contribution in [0.15, 0.2) is 36.9 Å². The van der Waals surface area contributed by atoms with Gasteiger partial charge in [0.1, 0.15) is 5.78 Å². The van der Waals surface area contributed by atoms with Crippen LogP contribution < -0.4 is 0 Å². The summed E-state index contributed by atoms with van der Waals surface area (Å²) in [6.07, 6.45) is 9.13. The van der Waals surface area contributed by atoms with Gasteiger partial charge in [0, 0.05) is 54.6 Å². The average Bonchev–Trinajstić information content (AvgIpc) is 3.20. The van der Waals surface area contributed by atoms with E-state index in [0.717, 1.165) is 53.7 Å². The van der Waals surface area contributed by atoms with Crippen LogP contribution in [-0.2, 0) is 27.8 Å². The van der Waals surface area contributed by atoms with E-state index in [1.54, 1.807) is 23.3 Å². The number of pyridine rings is 2. The van der Waals surface area contributed by atoms with Crippen molar-refractivity contribution in [2.75, 3.05) is 26.7 Å². The number of Topliss-reactive ketones (excluding diaryl/α,β-unsaturated/α-hetero) is 1. The van der Waals surface area contributed by atoms with Gasteiger partial charge in [0.15, 0.2) is 0 Å². The van der Waals surface area contributed by atoms with Gasteiger partial charge in [-0.2, -0.15) is 5.10 Å². The molecule has 0 N–H and O–H groups in total. The fourth-order valence-electron chi connectivity index (χ4n) is 3.87. The standard InChI is InChI=1S/C22H25N5O3/c1-26-13-18(12-25-26)20-8-16-7-19(23-10-17(16)11-24-20)9-21(28)15-3-5-27(6-4-15)14-22(29)30-2/h7-8,10-13,15H,3-6,9,14H2,1-2H3. The Bertz CT molecular complexity index is 1070. The van der Waals surface area contributed by atoms with Crippen LogP contribution in [0.1, 0.15) is 18.5 Å². The van der Waals surface area contributed by atoms with Crippen LogP contribution >= 0.6 is 0 Å². The third-order valence-electron chi connectivity index (χ3n) is 5.64. The van der Waals surface area contributed by atoms with Gasteiger partial charge in [0.25, 0.3) is 0 Å². The molecule has 1 aliphatic heterocycles. The van der Waals surface area contributed by atoms with Gasteiger partial charge in [0.05, 0.1) is 25.5 Å². The highest BCUT2D eigenvalue weighted by molar-refractivity contribution is 5.87. The zero-order valence-corrected chi connectivity index (χ0v) is 17.2. The number of fused-ring (bicyclic) bond motifs is 1. The number of likely N-dealkylation sites (tertiary alicyclic amines) is 1. The fourth-order valence-corrected chi connectivity index (χ4v) is 3.87. The van der Waals surface area contributed by atoms with E-state index < -0.39 is 0 Å². The molecule has 0 aromatic carbocycles. The Kier molecular flexibility index (Phi) is 5.85. The molecule has 3 aromatic heterocycles. The van der Waals surface area contributed by atoms with Crippen molar-refractivity contribution in [2.45, 2.75) is 19.3 Å². The topological polar surface area (TPSA) is 90.2 Å². The molecule has 30 heavy (non-hydrogen) atoms. The first-order chi connectivity index (χ1) is 14.5. The molecule has 8 nitrogen and oxygen atoms in total. The summed E-state index contributed by atoms with van der Waals surface area (Å²) in [5.74, 6) is -0.0128. The monoisotopic (exact) mass is 407 g/mol. The maximum absolute atomic E-state index is 12.8. The lowest BCUT2D eigenvalue weighted by Gasteiger charge is -2.30. The molecule has 1 saturated heterocycles. The molecule has 0 saturated carbocycles. The second kappa shape index (κ2) is 8.71. The molecule has 4 rings (SSSR count). The van der Waals surface area contributed by atoms with E-state index in [0.29, 0.717) is 6.42 Å². The number of aromatic nitrogens is 4. The molecule has 156 valence electrons. The zero-order chi connectivity index (χ0) is 21.1. The maximum Gasteiger partial charge on any atom is 0.319 e. The molecular weight excluding hydrogens is 382 g/mol. The SMILES string of the molecule is COC(=O)CN1CCC(C(=O)Cc2cc3cc(-c4cnn(C)c4)ncc3cn2)CC1. The summed E-state index contributed by atoms with van der Waals surface area (Å²) in [7, 11) is 3.27. The number of ketones is 1. The first-order valence-corrected chi connectivity index (χ1v) is 10.1. The van der Waals surface area contributed by atoms with Crippen LogP contribution in [0.4, 0.5) is 0 Å². The van der Waals surface area contributed by atoms with Gasteiger partial charge in [-0.15, -0.1) is 0 Å². The van der Waals surface area contributed by atoms with Gasteiger partial charge < -0.3 is 4.74 Å². The number of esters is 1. The van der Waals surface area contributed by atoms with Crippen LogP contribution in [0.3, 0.4) is 0 Å². The van der Waals surface area contributed by atoms with E-state index >= 15 is 0 Å². The van der Waals surface area contributed by atoms with E-state index in [2.05, 4.69) is 15.1 Å². The molecule has 0 aliphatic carbocycles. The molecule has 8 heteroatoms. The average molecular weight is 407 g/mol. The molecule has 0 radical (unpaired) electrons. The zero-order valence-electron chi connectivity index (χ0n) is 17.2. The lowest BCUT2D eigenvalue weighted by Crippen LogP contribution is -2.39. The Labute approximate surface area is 174 Å². The number of carbonyl (C=O) groups excluding carboxylic acids is 2. The summed E-state index contributed by atoms with van der Waals surface area (Å²) in [4.78, 5) is 35.2. The molecule has 4 heterocycles. The highest BCUT2D eigenvalue weighted by atomic mass is 16.5. The van der Waals surface area contributed by atoms with Crippen molar-refractivity contribution in [3.05, 3.63) is 42.6 Å². The second-order valence-electron chi connectivity index (χ2n) is 7.76. The lowest BCUT2D eigenvalue weighted by atomic mass is 9.90. The second-order valence-corrected chi connectivity index (χ2v) is 7.76. The minimum absolute atomic E-state index is 0.0137. The van der Waals surface area contributed by atoms with Crippen LogP contribution in [0, 0.1) is 5.92 Å². The Balaban J connectivity index is 1.42. The number of ether oxygens (including phenoxy) is 1. The molecule has 0 bridgehead atoms. The molecule has 1 fully saturated rings. The van der Waals surface area contributed by atoms with Crippen LogP contribution in [0.2, 0.25) is 0 Å². The van der Waals surface area contributed by atoms with Crippen molar-refractivity contribution in [1.82, 2.24) is 24.6 Å². The number of hydrogen-bond acceptors (Lipinski definition) is 7. The van der Waals surface area contributed by atoms with E-state index in [4.69, 9.17) is 4.74 Å². The fraction of sp³-hybridized carbons (Fsp3) is 0.409. The third kappa shape index (κ3) is 4.54. The third-order valence-corrected chi connectivity index (χ3v) is 5.64. The van der Waals surface area contributed by atoms with Crippen LogP contribution in [-0.4, -0.2) is 63.1 Å². The summed E-state index contributed by atoms with van der Waals surface area (Å²) >= 11 is 0. The Morgan fingerprint density at radius 1 is 1.10 bits per heavy atom. The number of methoxy groups -OCH3 is 1. The number of rotatable bonds is 6. The number of hydrogen-bond donors (Lipinski definition) is 0. The van der Waals surface area contributed by atoms with E-state index in [1.165, 1.54) is 7.11 Å². The first kappa shape index (κ1) is 20.2. The minimum atomic E-state index is -0.236. The summed E-state index contributed by atoms with van der Waals surface area (Å²) in [6.45, 7) is 1.75. The highest BCUT2D eigenvalue weighted by Crippen LogP contribution is 2.23. The molecular formula is C22H25N5O3. The Morgan fingerprint density at radius 2 is 1.87 bits per heavy atom. The Morgan fingerprint density at radius 3 is 2.57 bits per heavy atom. The quantitative estimate of drug-likeness (QED) is 0.578. The van der Waals surface area contributed by atoms with Crippen LogP contribution in [0.25, 0.3) is 22.0 Å². The van der Waals surface area contributed by atoms with Gasteiger partial charge >= 0.3 is 5.97 Å². The molecule has 1 aliphatic rings. The van der Waals surface area contributed by atoms with Gasteiger partial charge in [0.2, 0.25) is 0 Å². The van der Waals surface area contributed by atoms with Crippen molar-refractivity contribution >= 4 is 22.5 Å². The van der Waals surface area contributed by atoms with Gasteiger partial charge in [-0.25, -0.2) is 0 Å². The number of nitrogens with zero attached hydrogens (tertiary/aromatic N) is 5. The van der Waals surface area contributed by atoms with E-state index in [1.807, 2.05) is 30.3 Å². The number of carbonyl (C=O) groups is 2. The van der Waals surface area contributed by atoms with Crippen molar-refractivity contribution in [3.63, 3.8) is 0 Å². The molecule has 0 spiro atoms. The molecule has 0 atom stereocenters. The summed E-state index contributed by atoms with van der Waals surface area (Å²) in [5, 5.41) is 6.15. The van der Waals surface area contributed by atoms with E-state index in [9.17, 15) is 9.59 Å². The largest absolute Gasteiger partial charge is 0.468 e. The molecule has 0 unspecified atom stereocenters. The summed E-state index contributed by atoms with van der Waals surface area (Å²) in [6, 6.07) is 3.98.